The molecule has 0 fully saturated rings. The Balaban J connectivity index is 2.53. The molecule has 0 bridgehead atoms. The zero-order valence-electron chi connectivity index (χ0n) is 10.7. The monoisotopic (exact) mass is 250 g/mol. The van der Waals surface area contributed by atoms with Crippen molar-refractivity contribution in [3.63, 3.8) is 0 Å². The van der Waals surface area contributed by atoms with E-state index in [1.807, 2.05) is 12.1 Å². The van der Waals surface area contributed by atoms with Gasteiger partial charge < -0.3 is 9.26 Å². The average Bonchev–Trinajstić information content (AvgIpc) is 2.33. The Hall–Kier alpha value is -1.01. The highest BCUT2D eigenvalue weighted by molar-refractivity contribution is 7.10. The fraction of sp³-hybridized carbons (Fsp3) is 0.429. The summed E-state index contributed by atoms with van der Waals surface area (Å²) in [7, 11) is 2.31. The summed E-state index contributed by atoms with van der Waals surface area (Å²) < 4.78 is 11.4. The molecule has 0 saturated carbocycles. The first-order valence-electron chi connectivity index (χ1n) is 5.83. The van der Waals surface area contributed by atoms with Gasteiger partial charge in [-0.15, -0.1) is 0 Å². The summed E-state index contributed by atoms with van der Waals surface area (Å²) in [4.78, 5) is 0. The van der Waals surface area contributed by atoms with Crippen molar-refractivity contribution >= 4 is 9.47 Å². The van der Waals surface area contributed by atoms with Crippen LogP contribution >= 0.6 is 9.47 Å². The highest BCUT2D eigenvalue weighted by Gasteiger charge is 2.31. The second-order valence-corrected chi connectivity index (χ2v) is 5.10. The van der Waals surface area contributed by atoms with Crippen molar-refractivity contribution in [1.29, 1.82) is 0 Å². The van der Waals surface area contributed by atoms with Crippen LogP contribution in [0.4, 0.5) is 0 Å². The van der Waals surface area contributed by atoms with Crippen molar-refractivity contribution in [2.24, 2.45) is 0 Å². The molecule has 0 N–H and O–H groups in total. The molecule has 0 saturated heterocycles. The molecule has 0 amide bonds. The van der Waals surface area contributed by atoms with Gasteiger partial charge >= 0.3 is 0 Å². The van der Waals surface area contributed by atoms with E-state index in [0.717, 1.165) is 29.9 Å². The van der Waals surface area contributed by atoms with E-state index in [4.69, 9.17) is 9.26 Å². The lowest BCUT2D eigenvalue weighted by atomic mass is 9.89. The first-order valence-corrected chi connectivity index (χ1v) is 6.30. The van der Waals surface area contributed by atoms with Crippen LogP contribution in [-0.4, -0.2) is 5.60 Å². The summed E-state index contributed by atoms with van der Waals surface area (Å²) in [6.07, 6.45) is 3.86. The molecule has 2 atom stereocenters. The second-order valence-electron chi connectivity index (χ2n) is 4.86. The molecule has 1 aromatic carbocycles. The summed E-state index contributed by atoms with van der Waals surface area (Å²) in [5, 5.41) is 0. The van der Waals surface area contributed by atoms with E-state index >= 15 is 0 Å². The number of rotatable bonds is 2. The third kappa shape index (κ3) is 2.07. The van der Waals surface area contributed by atoms with Crippen molar-refractivity contribution in [3.8, 4) is 11.5 Å². The lowest BCUT2D eigenvalue weighted by Gasteiger charge is -2.35. The minimum absolute atomic E-state index is 0.243. The Bertz CT molecular complexity index is 468. The van der Waals surface area contributed by atoms with E-state index in [0.29, 0.717) is 0 Å². The predicted molar refractivity (Wildman–Crippen MR) is 73.8 cm³/mol. The molecule has 1 aromatic rings. The van der Waals surface area contributed by atoms with Crippen LogP contribution in [0.2, 0.25) is 0 Å². The predicted octanol–water partition coefficient (Wildman–Crippen LogP) is 3.74. The maximum absolute atomic E-state index is 6.10. The fourth-order valence-electron chi connectivity index (χ4n) is 2.29. The van der Waals surface area contributed by atoms with Crippen molar-refractivity contribution in [2.45, 2.75) is 39.2 Å². The number of hydrogen-bond acceptors (Lipinski definition) is 2. The zero-order valence-corrected chi connectivity index (χ0v) is 11.8. The molecule has 1 aliphatic rings. The van der Waals surface area contributed by atoms with E-state index < -0.39 is 0 Å². The van der Waals surface area contributed by atoms with Gasteiger partial charge in [0.2, 0.25) is 0 Å². The molecule has 0 aromatic heterocycles. The van der Waals surface area contributed by atoms with Crippen LogP contribution in [0, 0.1) is 13.8 Å². The van der Waals surface area contributed by atoms with Crippen LogP contribution < -0.4 is 9.26 Å². The largest absolute Gasteiger partial charge is 0.483 e. The maximum atomic E-state index is 6.10. The number of aryl methyl sites for hydroxylation is 1. The molecule has 2 rings (SSSR count). The van der Waals surface area contributed by atoms with E-state index in [2.05, 4.69) is 36.8 Å². The Kier molecular flexibility index (Phi) is 3.18. The molecule has 1 heterocycles. The fourth-order valence-corrected chi connectivity index (χ4v) is 2.54. The van der Waals surface area contributed by atoms with Gasteiger partial charge in [-0.1, -0.05) is 6.58 Å². The molecule has 3 heteroatoms. The molecule has 1 unspecified atom stereocenters. The van der Waals surface area contributed by atoms with Gasteiger partial charge in [0, 0.05) is 5.56 Å². The topological polar surface area (TPSA) is 18.5 Å². The zero-order chi connectivity index (χ0) is 12.6. The summed E-state index contributed by atoms with van der Waals surface area (Å²) in [5.41, 5.74) is 3.32. The highest BCUT2D eigenvalue weighted by atomic mass is 31.0. The van der Waals surface area contributed by atoms with Crippen LogP contribution in [0.25, 0.3) is 0 Å². The molecule has 1 aliphatic heterocycles. The van der Waals surface area contributed by atoms with Gasteiger partial charge in [-0.3, -0.25) is 0 Å². The Morgan fingerprint density at radius 1 is 1.53 bits per heavy atom. The van der Waals surface area contributed by atoms with Crippen LogP contribution in [0.1, 0.15) is 30.0 Å². The van der Waals surface area contributed by atoms with Gasteiger partial charge in [0.1, 0.15) is 17.1 Å². The van der Waals surface area contributed by atoms with Gasteiger partial charge in [0.05, 0.1) is 9.47 Å². The Morgan fingerprint density at radius 3 is 2.82 bits per heavy atom. The van der Waals surface area contributed by atoms with Crippen LogP contribution in [0.15, 0.2) is 18.7 Å². The van der Waals surface area contributed by atoms with Crippen LogP contribution in [0.5, 0.6) is 11.5 Å². The van der Waals surface area contributed by atoms with Gasteiger partial charge in [-0.05, 0) is 56.9 Å². The summed E-state index contributed by atoms with van der Waals surface area (Å²) in [6.45, 7) is 10.1. The SMILES string of the molecule is C=C[C@]1(C)CCc2c(C)c(OP)cc(C)c2O1. The first-order chi connectivity index (χ1) is 8.00. The molecule has 92 valence electrons. The average molecular weight is 250 g/mol. The van der Waals surface area contributed by atoms with E-state index in [-0.39, 0.29) is 5.60 Å². The molecule has 0 spiro atoms. The summed E-state index contributed by atoms with van der Waals surface area (Å²) in [5.74, 6) is 1.92. The normalized spacial score (nSPS) is 22.6. The molecular formula is C14H19O2P. The minimum atomic E-state index is -0.243. The van der Waals surface area contributed by atoms with Crippen molar-refractivity contribution in [2.75, 3.05) is 0 Å². The maximum Gasteiger partial charge on any atom is 0.127 e. The second kappa shape index (κ2) is 4.34. The quantitative estimate of drug-likeness (QED) is 0.588. The van der Waals surface area contributed by atoms with E-state index in [1.165, 1.54) is 11.1 Å². The molecule has 2 nitrogen and oxygen atoms in total. The highest BCUT2D eigenvalue weighted by Crippen LogP contribution is 2.41. The Morgan fingerprint density at radius 2 is 2.24 bits per heavy atom. The molecule has 17 heavy (non-hydrogen) atoms. The van der Waals surface area contributed by atoms with E-state index in [1.54, 1.807) is 0 Å². The van der Waals surface area contributed by atoms with Crippen molar-refractivity contribution in [1.82, 2.24) is 0 Å². The van der Waals surface area contributed by atoms with Crippen molar-refractivity contribution in [3.05, 3.63) is 35.4 Å². The molecule has 0 aliphatic carbocycles. The molecule has 0 radical (unpaired) electrons. The van der Waals surface area contributed by atoms with Crippen molar-refractivity contribution < 1.29 is 9.26 Å². The summed E-state index contributed by atoms with van der Waals surface area (Å²) in [6, 6.07) is 2.02. The molecular weight excluding hydrogens is 231 g/mol. The smallest absolute Gasteiger partial charge is 0.127 e. The summed E-state index contributed by atoms with van der Waals surface area (Å²) >= 11 is 0. The first kappa shape index (κ1) is 12.4. The lowest BCUT2D eigenvalue weighted by molar-refractivity contribution is 0.113. The number of hydrogen-bond donors (Lipinski definition) is 0. The number of benzene rings is 1. The van der Waals surface area contributed by atoms with E-state index in [9.17, 15) is 0 Å². The minimum Gasteiger partial charge on any atom is -0.483 e. The number of ether oxygens (including phenoxy) is 1. The third-order valence-corrected chi connectivity index (χ3v) is 3.82. The van der Waals surface area contributed by atoms with Gasteiger partial charge in [0.15, 0.2) is 0 Å². The lowest BCUT2D eigenvalue weighted by Crippen LogP contribution is -2.34. The standard InChI is InChI=1S/C14H19O2P/c1-5-14(4)7-6-11-10(3)12(16-17)8-9(2)13(11)15-14/h5,8H,1,6-7,17H2,2-4H3/t14-/m1/s1. The number of fused-ring (bicyclic) bond motifs is 1. The van der Waals surface area contributed by atoms with Crippen LogP contribution in [-0.2, 0) is 6.42 Å². The Labute approximate surface area is 105 Å². The van der Waals surface area contributed by atoms with Crippen LogP contribution in [0.3, 0.4) is 0 Å². The van der Waals surface area contributed by atoms with Gasteiger partial charge in [0.25, 0.3) is 0 Å². The third-order valence-electron chi connectivity index (χ3n) is 3.57. The van der Waals surface area contributed by atoms with Gasteiger partial charge in [-0.25, -0.2) is 0 Å². The van der Waals surface area contributed by atoms with Gasteiger partial charge in [-0.2, -0.15) is 0 Å².